The Balaban J connectivity index is 1.80. The van der Waals surface area contributed by atoms with Gasteiger partial charge in [0.2, 0.25) is 0 Å². The van der Waals surface area contributed by atoms with Gasteiger partial charge in [0.25, 0.3) is 0 Å². The third-order valence-corrected chi connectivity index (χ3v) is 2.83. The van der Waals surface area contributed by atoms with Gasteiger partial charge in [0, 0.05) is 43.9 Å². The third kappa shape index (κ3) is 4.87. The van der Waals surface area contributed by atoms with Crippen molar-refractivity contribution in [3.8, 4) is 0 Å². The van der Waals surface area contributed by atoms with Crippen LogP contribution in [0.25, 0.3) is 0 Å². The van der Waals surface area contributed by atoms with Crippen LogP contribution in [-0.2, 0) is 4.74 Å². The average Bonchev–Trinajstić information content (AvgIpc) is 2.47. The van der Waals surface area contributed by atoms with Crippen LogP contribution in [0.5, 0.6) is 0 Å². The Morgan fingerprint density at radius 1 is 1.40 bits per heavy atom. The lowest BCUT2D eigenvalue weighted by Crippen LogP contribution is -2.39. The van der Waals surface area contributed by atoms with Crippen LogP contribution in [0, 0.1) is 5.41 Å². The van der Waals surface area contributed by atoms with E-state index in [0.717, 1.165) is 26.3 Å². The van der Waals surface area contributed by atoms with Crippen molar-refractivity contribution in [3.05, 3.63) is 36.6 Å². The highest BCUT2D eigenvalue weighted by molar-refractivity contribution is 6.01. The van der Waals surface area contributed by atoms with E-state index in [9.17, 15) is 0 Å². The van der Waals surface area contributed by atoms with Crippen LogP contribution in [0.4, 0.5) is 0 Å². The summed E-state index contributed by atoms with van der Waals surface area (Å²) in [6, 6.07) is 0. The molecule has 0 unspecified atom stereocenters. The van der Waals surface area contributed by atoms with E-state index in [1.807, 2.05) is 0 Å². The maximum absolute atomic E-state index is 7.90. The van der Waals surface area contributed by atoms with Gasteiger partial charge in [0.15, 0.2) is 0 Å². The summed E-state index contributed by atoms with van der Waals surface area (Å²) in [6.07, 6.45) is 8.52. The first-order valence-electron chi connectivity index (χ1n) is 6.51. The quantitative estimate of drug-likeness (QED) is 0.409. The van der Waals surface area contributed by atoms with Gasteiger partial charge in [0.1, 0.15) is 11.7 Å². The number of hydrogen-bond acceptors (Lipinski definition) is 6. The molecule has 7 nitrogen and oxygen atoms in total. The predicted octanol–water partition coefficient (Wildman–Crippen LogP) is -0.285. The molecule has 108 valence electrons. The second-order valence-electron chi connectivity index (χ2n) is 4.46. The zero-order valence-corrected chi connectivity index (χ0v) is 11.3. The lowest BCUT2D eigenvalue weighted by Gasteiger charge is -2.25. The van der Waals surface area contributed by atoms with E-state index in [2.05, 4.69) is 20.5 Å². The molecular weight excluding hydrogens is 256 g/mol. The largest absolute Gasteiger partial charge is 0.384 e. The Morgan fingerprint density at radius 3 is 2.90 bits per heavy atom. The minimum Gasteiger partial charge on any atom is -0.384 e. The highest BCUT2D eigenvalue weighted by Crippen LogP contribution is 1.98. The third-order valence-electron chi connectivity index (χ3n) is 2.83. The van der Waals surface area contributed by atoms with Crippen LogP contribution < -0.4 is 16.4 Å². The van der Waals surface area contributed by atoms with E-state index in [1.54, 1.807) is 30.8 Å². The second-order valence-corrected chi connectivity index (χ2v) is 4.46. The smallest absolute Gasteiger partial charge is 0.148 e. The lowest BCUT2D eigenvalue weighted by molar-refractivity contribution is 0.0453. The van der Waals surface area contributed by atoms with E-state index in [1.165, 1.54) is 0 Å². The summed E-state index contributed by atoms with van der Waals surface area (Å²) in [5.74, 6) is 0.988. The predicted molar refractivity (Wildman–Crippen MR) is 79.2 cm³/mol. The van der Waals surface area contributed by atoms with Crippen molar-refractivity contribution < 1.29 is 4.74 Å². The number of hydrogen-bond donors (Lipinski definition) is 4. The Morgan fingerprint density at radius 2 is 2.20 bits per heavy atom. The zero-order valence-electron chi connectivity index (χ0n) is 11.3. The van der Waals surface area contributed by atoms with Crippen LogP contribution in [0.1, 0.15) is 0 Å². The van der Waals surface area contributed by atoms with Crippen molar-refractivity contribution in [1.82, 2.24) is 15.5 Å². The van der Waals surface area contributed by atoms with E-state index in [4.69, 9.17) is 15.9 Å². The number of nitrogens with two attached hydrogens (primary N) is 1. The van der Waals surface area contributed by atoms with Gasteiger partial charge in [-0.2, -0.15) is 0 Å². The molecule has 2 aliphatic heterocycles. The van der Waals surface area contributed by atoms with E-state index in [-0.39, 0.29) is 0 Å². The molecule has 0 atom stereocenters. The molecule has 7 heteroatoms. The highest BCUT2D eigenvalue weighted by Gasteiger charge is 2.10. The summed E-state index contributed by atoms with van der Waals surface area (Å²) in [5.41, 5.74) is 6.29. The molecule has 2 rings (SSSR count). The maximum atomic E-state index is 7.90. The summed E-state index contributed by atoms with van der Waals surface area (Å²) < 4.78 is 5.27. The van der Waals surface area contributed by atoms with Gasteiger partial charge in [-0.05, 0) is 12.2 Å². The van der Waals surface area contributed by atoms with Gasteiger partial charge in [-0.15, -0.1) is 0 Å². The first-order chi connectivity index (χ1) is 9.74. The van der Waals surface area contributed by atoms with Crippen molar-refractivity contribution in [2.24, 2.45) is 10.7 Å². The molecule has 0 aromatic heterocycles. The first-order valence-corrected chi connectivity index (χ1v) is 6.51. The number of aliphatic imine (C=N–C) groups is 1. The average molecular weight is 276 g/mol. The van der Waals surface area contributed by atoms with E-state index in [0.29, 0.717) is 23.9 Å². The van der Waals surface area contributed by atoms with Crippen LogP contribution in [0.2, 0.25) is 0 Å². The SMILES string of the molecule is N=C(/C=C\C(N)=N/C1=CNC=CN1)CN1CCOCC1. The van der Waals surface area contributed by atoms with Gasteiger partial charge in [-0.25, -0.2) is 4.99 Å². The Bertz CT molecular complexity index is 459. The molecule has 2 heterocycles. The lowest BCUT2D eigenvalue weighted by atomic mass is 10.3. The van der Waals surface area contributed by atoms with Gasteiger partial charge in [-0.1, -0.05) is 0 Å². The summed E-state index contributed by atoms with van der Waals surface area (Å²) in [6.45, 7) is 3.82. The molecule has 0 spiro atoms. The molecule has 2 aliphatic rings. The topological polar surface area (TPSA) is 98.8 Å². The molecule has 0 radical (unpaired) electrons. The highest BCUT2D eigenvalue weighted by atomic mass is 16.5. The number of morpholine rings is 1. The van der Waals surface area contributed by atoms with Crippen molar-refractivity contribution in [3.63, 3.8) is 0 Å². The van der Waals surface area contributed by atoms with Crippen molar-refractivity contribution in [2.75, 3.05) is 32.8 Å². The molecule has 20 heavy (non-hydrogen) atoms. The summed E-state index contributed by atoms with van der Waals surface area (Å²) in [7, 11) is 0. The van der Waals surface area contributed by atoms with Crippen LogP contribution >= 0.6 is 0 Å². The normalized spacial score (nSPS) is 20.4. The Hall–Kier alpha value is -2.12. The maximum Gasteiger partial charge on any atom is 0.148 e. The molecule has 5 N–H and O–H groups in total. The molecular formula is C13H20N6O. The minimum absolute atomic E-state index is 0.354. The van der Waals surface area contributed by atoms with E-state index < -0.39 is 0 Å². The zero-order chi connectivity index (χ0) is 14.2. The standard InChI is InChI=1S/C13H20N6O/c14-11(10-19-5-7-20-8-6-19)1-2-12(15)18-13-9-16-3-4-17-13/h1-4,9,14,16-17H,5-8,10H2,(H2,15,18)/b2-1-,14-11?. The summed E-state index contributed by atoms with van der Waals surface area (Å²) in [4.78, 5) is 6.35. The van der Waals surface area contributed by atoms with Crippen molar-refractivity contribution in [2.45, 2.75) is 0 Å². The Labute approximate surface area is 118 Å². The fraction of sp³-hybridized carbons (Fsp3) is 0.385. The fourth-order valence-corrected chi connectivity index (χ4v) is 1.82. The summed E-state index contributed by atoms with van der Waals surface area (Å²) >= 11 is 0. The Kier molecular flexibility index (Phi) is 5.33. The number of nitrogens with one attached hydrogen (secondary N) is 3. The molecule has 0 aliphatic carbocycles. The van der Waals surface area contributed by atoms with Gasteiger partial charge in [0.05, 0.1) is 13.2 Å². The molecule has 0 aromatic carbocycles. The summed E-state index contributed by atoms with van der Waals surface area (Å²) in [5, 5.41) is 13.8. The molecule has 1 fully saturated rings. The van der Waals surface area contributed by atoms with Crippen LogP contribution in [-0.4, -0.2) is 49.3 Å². The van der Waals surface area contributed by atoms with Crippen LogP contribution in [0.3, 0.4) is 0 Å². The number of nitrogens with zero attached hydrogens (tertiary/aromatic N) is 2. The molecule has 0 aromatic rings. The molecule has 0 amide bonds. The monoisotopic (exact) mass is 276 g/mol. The number of rotatable bonds is 5. The molecule has 1 saturated heterocycles. The molecule has 0 bridgehead atoms. The first kappa shape index (κ1) is 14.3. The number of amidine groups is 1. The van der Waals surface area contributed by atoms with Gasteiger partial charge in [-0.3, -0.25) is 4.90 Å². The second kappa shape index (κ2) is 7.46. The van der Waals surface area contributed by atoms with Crippen molar-refractivity contribution >= 4 is 11.5 Å². The van der Waals surface area contributed by atoms with E-state index >= 15 is 0 Å². The van der Waals surface area contributed by atoms with Gasteiger partial charge >= 0.3 is 0 Å². The van der Waals surface area contributed by atoms with Gasteiger partial charge < -0.3 is 26.5 Å². The van der Waals surface area contributed by atoms with Crippen LogP contribution in [0.15, 0.2) is 41.6 Å². The molecule has 0 saturated carbocycles. The minimum atomic E-state index is 0.354. The fourth-order valence-electron chi connectivity index (χ4n) is 1.82. The van der Waals surface area contributed by atoms with Crippen molar-refractivity contribution in [1.29, 1.82) is 5.41 Å². The number of ether oxygens (including phenoxy) is 1.